The van der Waals surface area contributed by atoms with E-state index in [0.29, 0.717) is 0 Å². The molecule has 0 unspecified atom stereocenters. The summed E-state index contributed by atoms with van der Waals surface area (Å²) in [6, 6.07) is 5.21. The minimum atomic E-state index is -0.825. The lowest BCUT2D eigenvalue weighted by Crippen LogP contribution is -2.23. The number of hydrogen-bond acceptors (Lipinski definition) is 4. The van der Waals surface area contributed by atoms with Crippen LogP contribution < -0.4 is 16.0 Å². The third-order valence-corrected chi connectivity index (χ3v) is 4.33. The lowest BCUT2D eigenvalue weighted by atomic mass is 10.1. The third kappa shape index (κ3) is 4.22. The molecule has 0 aliphatic heterocycles. The molecule has 3 amide bonds. The van der Waals surface area contributed by atoms with Crippen molar-refractivity contribution in [2.45, 2.75) is 12.8 Å². The van der Waals surface area contributed by atoms with Crippen LogP contribution in [0.3, 0.4) is 0 Å². The van der Waals surface area contributed by atoms with Crippen LogP contribution in [-0.2, 0) is 4.79 Å². The fourth-order valence-corrected chi connectivity index (χ4v) is 2.66. The van der Waals surface area contributed by atoms with E-state index >= 15 is 0 Å². The zero-order valence-corrected chi connectivity index (χ0v) is 15.1. The molecular formula is C18H16ClFN4O3. The first-order chi connectivity index (χ1) is 12.9. The zero-order chi connectivity index (χ0) is 19.6. The highest BCUT2D eigenvalue weighted by Gasteiger charge is 2.30. The SMILES string of the molecule is CNC(=O)c1cnc(NC(=O)C2CC2)cc1NC(=O)c1c(F)cccc1Cl. The van der Waals surface area contributed by atoms with Gasteiger partial charge in [-0.15, -0.1) is 0 Å². The molecule has 0 radical (unpaired) electrons. The lowest BCUT2D eigenvalue weighted by molar-refractivity contribution is -0.117. The van der Waals surface area contributed by atoms with Gasteiger partial charge in [-0.25, -0.2) is 9.37 Å². The molecule has 1 aliphatic carbocycles. The maximum atomic E-state index is 14.0. The molecule has 1 fully saturated rings. The van der Waals surface area contributed by atoms with Gasteiger partial charge >= 0.3 is 0 Å². The van der Waals surface area contributed by atoms with Crippen molar-refractivity contribution in [3.05, 3.63) is 52.4 Å². The van der Waals surface area contributed by atoms with Crippen molar-refractivity contribution in [3.8, 4) is 0 Å². The molecule has 1 aromatic carbocycles. The second-order valence-electron chi connectivity index (χ2n) is 6.01. The van der Waals surface area contributed by atoms with Gasteiger partial charge in [0, 0.05) is 25.2 Å². The van der Waals surface area contributed by atoms with Crippen molar-refractivity contribution >= 4 is 40.8 Å². The number of nitrogens with one attached hydrogen (secondary N) is 3. The highest BCUT2D eigenvalue weighted by Crippen LogP contribution is 2.30. The average Bonchev–Trinajstić information content (AvgIpc) is 3.46. The predicted molar refractivity (Wildman–Crippen MR) is 98.3 cm³/mol. The van der Waals surface area contributed by atoms with Crippen LogP contribution in [0.4, 0.5) is 15.9 Å². The van der Waals surface area contributed by atoms with E-state index in [2.05, 4.69) is 20.9 Å². The molecule has 0 saturated heterocycles. The molecule has 0 bridgehead atoms. The van der Waals surface area contributed by atoms with E-state index in [-0.39, 0.29) is 39.5 Å². The van der Waals surface area contributed by atoms with E-state index in [9.17, 15) is 18.8 Å². The summed E-state index contributed by atoms with van der Waals surface area (Å²) in [7, 11) is 1.42. The second kappa shape index (κ2) is 7.71. The molecule has 0 atom stereocenters. The average molecular weight is 391 g/mol. The molecule has 1 saturated carbocycles. The Morgan fingerprint density at radius 2 is 1.93 bits per heavy atom. The summed E-state index contributed by atoms with van der Waals surface area (Å²) in [6.45, 7) is 0. The minimum absolute atomic E-state index is 0.0410. The van der Waals surface area contributed by atoms with Crippen LogP contribution in [0.1, 0.15) is 33.6 Å². The van der Waals surface area contributed by atoms with Gasteiger partial charge in [-0.2, -0.15) is 0 Å². The maximum absolute atomic E-state index is 14.0. The number of pyridine rings is 1. The van der Waals surface area contributed by atoms with Gasteiger partial charge in [0.05, 0.1) is 21.8 Å². The van der Waals surface area contributed by atoms with E-state index in [4.69, 9.17) is 11.6 Å². The Balaban J connectivity index is 1.91. The van der Waals surface area contributed by atoms with Crippen LogP contribution >= 0.6 is 11.6 Å². The van der Waals surface area contributed by atoms with E-state index in [1.807, 2.05) is 0 Å². The van der Waals surface area contributed by atoms with Crippen LogP contribution in [0.25, 0.3) is 0 Å². The second-order valence-corrected chi connectivity index (χ2v) is 6.42. The zero-order valence-electron chi connectivity index (χ0n) is 14.3. The Kier molecular flexibility index (Phi) is 5.36. The molecule has 140 valence electrons. The number of amides is 3. The van der Waals surface area contributed by atoms with Crippen LogP contribution in [0.2, 0.25) is 5.02 Å². The summed E-state index contributed by atoms with van der Waals surface area (Å²) in [5.41, 5.74) is -0.218. The van der Waals surface area contributed by atoms with Crippen LogP contribution in [-0.4, -0.2) is 29.8 Å². The first-order valence-electron chi connectivity index (χ1n) is 8.19. The Morgan fingerprint density at radius 3 is 2.56 bits per heavy atom. The van der Waals surface area contributed by atoms with Crippen molar-refractivity contribution < 1.29 is 18.8 Å². The number of rotatable bonds is 5. The molecule has 27 heavy (non-hydrogen) atoms. The van der Waals surface area contributed by atoms with Gasteiger partial charge in [0.1, 0.15) is 11.6 Å². The molecule has 7 nitrogen and oxygen atoms in total. The summed E-state index contributed by atoms with van der Waals surface area (Å²) in [5, 5.41) is 7.46. The molecule has 0 spiro atoms. The fourth-order valence-electron chi connectivity index (χ4n) is 2.42. The number of carbonyl (C=O) groups is 3. The summed E-state index contributed by atoms with van der Waals surface area (Å²) in [5.74, 6) is -2.16. The molecule has 1 heterocycles. The standard InChI is InChI=1S/C18H16ClFN4O3/c1-21-17(26)10-8-22-14(24-16(25)9-5-6-9)7-13(10)23-18(27)15-11(19)3-2-4-12(15)20/h2-4,7-9H,5-6H2,1H3,(H,21,26)(H2,22,23,24,25,27). The summed E-state index contributed by atoms with van der Waals surface area (Å²) < 4.78 is 14.0. The smallest absolute Gasteiger partial charge is 0.260 e. The Morgan fingerprint density at radius 1 is 1.19 bits per heavy atom. The summed E-state index contributed by atoms with van der Waals surface area (Å²) in [6.07, 6.45) is 2.86. The topological polar surface area (TPSA) is 100 Å². The monoisotopic (exact) mass is 390 g/mol. The van der Waals surface area contributed by atoms with Crippen molar-refractivity contribution in [2.24, 2.45) is 5.92 Å². The summed E-state index contributed by atoms with van der Waals surface area (Å²) in [4.78, 5) is 40.5. The van der Waals surface area contributed by atoms with Crippen LogP contribution in [0.5, 0.6) is 0 Å². The highest BCUT2D eigenvalue weighted by molar-refractivity contribution is 6.34. The van der Waals surface area contributed by atoms with Gasteiger partial charge in [0.2, 0.25) is 5.91 Å². The molecular weight excluding hydrogens is 375 g/mol. The van der Waals surface area contributed by atoms with Crippen molar-refractivity contribution in [3.63, 3.8) is 0 Å². The first kappa shape index (κ1) is 18.8. The Hall–Kier alpha value is -3.00. The van der Waals surface area contributed by atoms with Gasteiger partial charge in [0.25, 0.3) is 11.8 Å². The molecule has 9 heteroatoms. The minimum Gasteiger partial charge on any atom is -0.355 e. The van der Waals surface area contributed by atoms with Crippen LogP contribution in [0.15, 0.2) is 30.5 Å². The quantitative estimate of drug-likeness (QED) is 0.730. The normalized spacial score (nSPS) is 13.0. The number of hydrogen-bond donors (Lipinski definition) is 3. The van der Waals surface area contributed by atoms with E-state index in [1.165, 1.54) is 31.4 Å². The van der Waals surface area contributed by atoms with E-state index in [1.54, 1.807) is 0 Å². The van der Waals surface area contributed by atoms with Gasteiger partial charge in [-0.1, -0.05) is 17.7 Å². The fraction of sp³-hybridized carbons (Fsp3) is 0.222. The predicted octanol–water partition coefficient (Wildman–Crippen LogP) is 2.83. The lowest BCUT2D eigenvalue weighted by Gasteiger charge is -2.13. The van der Waals surface area contributed by atoms with Crippen molar-refractivity contribution in [1.29, 1.82) is 0 Å². The molecule has 3 N–H and O–H groups in total. The van der Waals surface area contributed by atoms with Crippen molar-refractivity contribution in [2.75, 3.05) is 17.7 Å². The molecule has 3 rings (SSSR count). The molecule has 2 aromatic rings. The number of aromatic nitrogens is 1. The number of carbonyl (C=O) groups excluding carboxylic acids is 3. The number of halogens is 2. The molecule has 1 aromatic heterocycles. The van der Waals surface area contributed by atoms with E-state index in [0.717, 1.165) is 18.9 Å². The van der Waals surface area contributed by atoms with E-state index < -0.39 is 17.6 Å². The third-order valence-electron chi connectivity index (χ3n) is 4.01. The van der Waals surface area contributed by atoms with Gasteiger partial charge < -0.3 is 16.0 Å². The summed E-state index contributed by atoms with van der Waals surface area (Å²) >= 11 is 5.91. The molecule has 1 aliphatic rings. The maximum Gasteiger partial charge on any atom is 0.260 e. The van der Waals surface area contributed by atoms with Crippen LogP contribution in [0, 0.1) is 11.7 Å². The van der Waals surface area contributed by atoms with Crippen molar-refractivity contribution in [1.82, 2.24) is 10.3 Å². The first-order valence-corrected chi connectivity index (χ1v) is 8.57. The number of benzene rings is 1. The Labute approximate surface area is 159 Å². The highest BCUT2D eigenvalue weighted by atomic mass is 35.5. The van der Waals surface area contributed by atoms with Gasteiger partial charge in [0.15, 0.2) is 0 Å². The number of nitrogens with zero attached hydrogens (tertiary/aromatic N) is 1. The number of anilines is 2. The largest absolute Gasteiger partial charge is 0.355 e. The van der Waals surface area contributed by atoms with Gasteiger partial charge in [-0.3, -0.25) is 14.4 Å². The Bertz CT molecular complexity index is 911. The van der Waals surface area contributed by atoms with Gasteiger partial charge in [-0.05, 0) is 25.0 Å².